The fourth-order valence-electron chi connectivity index (χ4n) is 2.35. The summed E-state index contributed by atoms with van der Waals surface area (Å²) in [5.41, 5.74) is 5.76. The number of nitrogens with one attached hydrogen (secondary N) is 1. The van der Waals surface area contributed by atoms with Crippen molar-refractivity contribution in [3.05, 3.63) is 33.9 Å². The second-order valence-electron chi connectivity index (χ2n) is 4.86. The van der Waals surface area contributed by atoms with Crippen molar-refractivity contribution in [2.75, 3.05) is 5.32 Å². The van der Waals surface area contributed by atoms with E-state index in [1.165, 1.54) is 12.1 Å². The molecule has 0 bridgehead atoms. The Balaban J connectivity index is 2.19. The van der Waals surface area contributed by atoms with Gasteiger partial charge in [-0.05, 0) is 31.4 Å². The molecule has 0 heterocycles. The van der Waals surface area contributed by atoms with Crippen LogP contribution in [0.5, 0.6) is 0 Å². The van der Waals surface area contributed by atoms with Gasteiger partial charge in [0.05, 0.1) is 16.6 Å². The summed E-state index contributed by atoms with van der Waals surface area (Å²) in [4.78, 5) is 22.4. The number of carbonyl (C=O) groups is 1. The minimum absolute atomic E-state index is 0.0155. The van der Waals surface area contributed by atoms with Gasteiger partial charge in [-0.2, -0.15) is 5.26 Å². The van der Waals surface area contributed by atoms with Gasteiger partial charge in [0.2, 0.25) is 5.91 Å². The molecule has 2 atom stereocenters. The third-order valence-corrected chi connectivity index (χ3v) is 3.43. The molecule has 1 amide bonds. The molecule has 2 rings (SSSR count). The molecule has 7 heteroatoms. The zero-order valence-corrected chi connectivity index (χ0v) is 10.7. The summed E-state index contributed by atoms with van der Waals surface area (Å²) >= 11 is 0. The molecule has 0 radical (unpaired) electrons. The first-order chi connectivity index (χ1) is 9.51. The first-order valence-electron chi connectivity index (χ1n) is 6.26. The Hall–Kier alpha value is -2.46. The molecule has 3 N–H and O–H groups in total. The van der Waals surface area contributed by atoms with E-state index >= 15 is 0 Å². The van der Waals surface area contributed by atoms with Crippen LogP contribution in [0.2, 0.25) is 0 Å². The van der Waals surface area contributed by atoms with Crippen LogP contribution in [-0.4, -0.2) is 16.9 Å². The van der Waals surface area contributed by atoms with Gasteiger partial charge >= 0.3 is 0 Å². The van der Waals surface area contributed by atoms with Crippen molar-refractivity contribution in [1.29, 1.82) is 5.26 Å². The van der Waals surface area contributed by atoms with E-state index < -0.39 is 4.92 Å². The van der Waals surface area contributed by atoms with Gasteiger partial charge in [-0.15, -0.1) is 0 Å². The van der Waals surface area contributed by atoms with E-state index in [0.29, 0.717) is 12.8 Å². The second kappa shape index (κ2) is 5.67. The van der Waals surface area contributed by atoms with Crippen molar-refractivity contribution in [3.8, 4) is 6.07 Å². The number of nitriles is 1. The van der Waals surface area contributed by atoms with E-state index in [1.54, 1.807) is 0 Å². The molecule has 0 aliphatic heterocycles. The van der Waals surface area contributed by atoms with Gasteiger partial charge in [-0.1, -0.05) is 0 Å². The first-order valence-corrected chi connectivity index (χ1v) is 6.26. The van der Waals surface area contributed by atoms with Crippen molar-refractivity contribution in [1.82, 2.24) is 0 Å². The number of nitrogens with two attached hydrogens (primary N) is 1. The lowest BCUT2D eigenvalue weighted by Gasteiger charge is -2.11. The van der Waals surface area contributed by atoms with Crippen LogP contribution in [0.1, 0.15) is 24.8 Å². The van der Waals surface area contributed by atoms with E-state index in [1.807, 2.05) is 6.07 Å². The normalized spacial score (nSPS) is 21.2. The largest absolute Gasteiger partial charge is 0.328 e. The minimum atomic E-state index is -0.614. The van der Waals surface area contributed by atoms with E-state index in [-0.39, 0.29) is 34.8 Å². The maximum Gasteiger partial charge on any atom is 0.294 e. The monoisotopic (exact) mass is 274 g/mol. The topological polar surface area (TPSA) is 122 Å². The maximum atomic E-state index is 12.0. The Morgan fingerprint density at radius 2 is 2.25 bits per heavy atom. The standard InChI is InChI=1S/C13H14N4O3/c14-7-8-1-4-11(12(5-8)17(19)20)16-13(18)9-2-3-10(15)6-9/h1,4-5,9-10H,2-3,6,15H2,(H,16,18). The third-order valence-electron chi connectivity index (χ3n) is 3.43. The molecule has 0 saturated heterocycles. The summed E-state index contributed by atoms with van der Waals surface area (Å²) in [6.07, 6.45) is 2.07. The summed E-state index contributed by atoms with van der Waals surface area (Å²) in [5, 5.41) is 22.3. The molecule has 1 aliphatic carbocycles. The molecule has 0 aromatic heterocycles. The number of rotatable bonds is 3. The fraction of sp³-hybridized carbons (Fsp3) is 0.385. The molecule has 1 aromatic rings. The summed E-state index contributed by atoms with van der Waals surface area (Å²) in [6.45, 7) is 0. The van der Waals surface area contributed by atoms with Crippen LogP contribution in [0.25, 0.3) is 0 Å². The first kappa shape index (κ1) is 14.0. The zero-order valence-electron chi connectivity index (χ0n) is 10.7. The molecule has 2 unspecified atom stereocenters. The van der Waals surface area contributed by atoms with Crippen LogP contribution in [0.3, 0.4) is 0 Å². The van der Waals surface area contributed by atoms with Gasteiger partial charge < -0.3 is 11.1 Å². The molecule has 1 aromatic carbocycles. The average Bonchev–Trinajstić information content (AvgIpc) is 2.85. The third kappa shape index (κ3) is 2.92. The highest BCUT2D eigenvalue weighted by Crippen LogP contribution is 2.29. The van der Waals surface area contributed by atoms with Crippen LogP contribution in [0.4, 0.5) is 11.4 Å². The van der Waals surface area contributed by atoms with Crippen molar-refractivity contribution in [3.63, 3.8) is 0 Å². The second-order valence-corrected chi connectivity index (χ2v) is 4.86. The van der Waals surface area contributed by atoms with Crippen LogP contribution in [0.15, 0.2) is 18.2 Å². The van der Waals surface area contributed by atoms with Crippen molar-refractivity contribution < 1.29 is 9.72 Å². The van der Waals surface area contributed by atoms with Gasteiger partial charge in [0.25, 0.3) is 5.69 Å². The van der Waals surface area contributed by atoms with Gasteiger partial charge in [0, 0.05) is 18.0 Å². The van der Waals surface area contributed by atoms with Gasteiger partial charge in [-0.3, -0.25) is 14.9 Å². The van der Waals surface area contributed by atoms with E-state index in [0.717, 1.165) is 12.5 Å². The summed E-state index contributed by atoms with van der Waals surface area (Å²) in [5.74, 6) is -0.467. The number of nitrogens with zero attached hydrogens (tertiary/aromatic N) is 2. The summed E-state index contributed by atoms with van der Waals surface area (Å²) in [7, 11) is 0. The van der Waals surface area contributed by atoms with Gasteiger partial charge in [0.1, 0.15) is 5.69 Å². The number of anilines is 1. The molecule has 0 spiro atoms. The summed E-state index contributed by atoms with van der Waals surface area (Å²) < 4.78 is 0. The number of nitro benzene ring substituents is 1. The predicted molar refractivity (Wildman–Crippen MR) is 71.8 cm³/mol. The molecule has 7 nitrogen and oxygen atoms in total. The highest BCUT2D eigenvalue weighted by atomic mass is 16.6. The number of nitro groups is 1. The highest BCUT2D eigenvalue weighted by molar-refractivity contribution is 5.95. The van der Waals surface area contributed by atoms with Crippen LogP contribution < -0.4 is 11.1 Å². The highest BCUT2D eigenvalue weighted by Gasteiger charge is 2.29. The lowest BCUT2D eigenvalue weighted by atomic mass is 10.1. The number of benzene rings is 1. The van der Waals surface area contributed by atoms with Crippen molar-refractivity contribution in [2.45, 2.75) is 25.3 Å². The average molecular weight is 274 g/mol. The van der Waals surface area contributed by atoms with E-state index in [2.05, 4.69) is 5.32 Å². The Kier molecular flexibility index (Phi) is 3.96. The smallest absolute Gasteiger partial charge is 0.294 e. The van der Waals surface area contributed by atoms with Crippen LogP contribution >= 0.6 is 0 Å². The van der Waals surface area contributed by atoms with E-state index in [4.69, 9.17) is 11.0 Å². The fourth-order valence-corrected chi connectivity index (χ4v) is 2.35. The lowest BCUT2D eigenvalue weighted by molar-refractivity contribution is -0.384. The molecular formula is C13H14N4O3. The maximum absolute atomic E-state index is 12.0. The lowest BCUT2D eigenvalue weighted by Crippen LogP contribution is -2.23. The Bertz CT molecular complexity index is 594. The zero-order chi connectivity index (χ0) is 14.7. The van der Waals surface area contributed by atoms with Gasteiger partial charge in [-0.25, -0.2) is 0 Å². The number of amides is 1. The number of hydrogen-bond acceptors (Lipinski definition) is 5. The van der Waals surface area contributed by atoms with Crippen molar-refractivity contribution >= 4 is 17.3 Å². The number of hydrogen-bond donors (Lipinski definition) is 2. The molecule has 1 saturated carbocycles. The molecule has 1 aliphatic rings. The molecule has 1 fully saturated rings. The summed E-state index contributed by atoms with van der Waals surface area (Å²) in [6, 6.07) is 5.81. The Morgan fingerprint density at radius 1 is 1.50 bits per heavy atom. The molecule has 104 valence electrons. The Labute approximate surface area is 115 Å². The minimum Gasteiger partial charge on any atom is -0.328 e. The Morgan fingerprint density at radius 3 is 2.80 bits per heavy atom. The number of carbonyl (C=O) groups excluding carboxylic acids is 1. The van der Waals surface area contributed by atoms with Crippen molar-refractivity contribution in [2.24, 2.45) is 11.7 Å². The quantitative estimate of drug-likeness (QED) is 0.639. The van der Waals surface area contributed by atoms with Gasteiger partial charge in [0.15, 0.2) is 0 Å². The molecule has 20 heavy (non-hydrogen) atoms. The predicted octanol–water partition coefficient (Wildman–Crippen LogP) is 1.53. The van der Waals surface area contributed by atoms with Crippen LogP contribution in [0, 0.1) is 27.4 Å². The van der Waals surface area contributed by atoms with E-state index in [9.17, 15) is 14.9 Å². The van der Waals surface area contributed by atoms with Crippen LogP contribution in [-0.2, 0) is 4.79 Å². The molecular weight excluding hydrogens is 260 g/mol. The SMILES string of the molecule is N#Cc1ccc(NC(=O)C2CCC(N)C2)c([N+](=O)[O-])c1.